The van der Waals surface area contributed by atoms with Gasteiger partial charge >= 0.3 is 0 Å². The molecule has 3 heterocycles. The van der Waals surface area contributed by atoms with Crippen molar-refractivity contribution in [1.29, 1.82) is 0 Å². The van der Waals surface area contributed by atoms with Crippen LogP contribution in [-0.4, -0.2) is 57.9 Å². The van der Waals surface area contributed by atoms with Crippen LogP contribution in [0.2, 0.25) is 0 Å². The molecule has 1 unspecified atom stereocenters. The maximum atomic E-state index is 12.0. The van der Waals surface area contributed by atoms with Crippen LogP contribution in [0, 0.1) is 0 Å². The minimum absolute atomic E-state index is 0.00633. The lowest BCUT2D eigenvalue weighted by atomic mass is 10.2. The van der Waals surface area contributed by atoms with Crippen LogP contribution in [0.3, 0.4) is 0 Å². The first kappa shape index (κ1) is 20.5. The number of rotatable bonds is 7. The van der Waals surface area contributed by atoms with Crippen LogP contribution in [0.1, 0.15) is 18.0 Å². The van der Waals surface area contributed by atoms with Gasteiger partial charge in [0.05, 0.1) is 20.3 Å². The number of hydrogen-bond acceptors (Lipinski definition) is 8. The summed E-state index contributed by atoms with van der Waals surface area (Å²) in [6.45, 7) is 5.22. The second-order valence-electron chi connectivity index (χ2n) is 7.26. The SMILES string of the molecule is C=CC(=O)N1CCC(n2nc(NCc3cc(OC)cc(OC)c3)c3c(N)ncnc32)C1. The highest BCUT2D eigenvalue weighted by Crippen LogP contribution is 2.32. The number of carbonyl (C=O) groups is 1. The highest BCUT2D eigenvalue weighted by Gasteiger charge is 2.29. The lowest BCUT2D eigenvalue weighted by Crippen LogP contribution is -2.27. The summed E-state index contributed by atoms with van der Waals surface area (Å²) in [4.78, 5) is 22.3. The first-order chi connectivity index (χ1) is 15.0. The topological polar surface area (TPSA) is 120 Å². The number of nitrogens with zero attached hydrogens (tertiary/aromatic N) is 5. The zero-order valence-electron chi connectivity index (χ0n) is 17.5. The second-order valence-corrected chi connectivity index (χ2v) is 7.26. The highest BCUT2D eigenvalue weighted by molar-refractivity contribution is 5.96. The van der Waals surface area contributed by atoms with Crippen LogP contribution >= 0.6 is 0 Å². The molecule has 0 spiro atoms. The van der Waals surface area contributed by atoms with Crippen LogP contribution in [0.15, 0.2) is 37.2 Å². The van der Waals surface area contributed by atoms with E-state index < -0.39 is 0 Å². The zero-order chi connectivity index (χ0) is 22.0. The van der Waals surface area contributed by atoms with Crippen molar-refractivity contribution in [3.05, 3.63) is 42.7 Å². The predicted octanol–water partition coefficient (Wildman–Crippen LogP) is 2.00. The van der Waals surface area contributed by atoms with E-state index in [1.54, 1.807) is 19.1 Å². The molecule has 1 amide bonds. The number of benzene rings is 1. The number of aromatic nitrogens is 4. The molecule has 1 saturated heterocycles. The molecule has 3 N–H and O–H groups in total. The van der Waals surface area contributed by atoms with Crippen molar-refractivity contribution >= 4 is 28.6 Å². The molecule has 1 atom stereocenters. The molecule has 31 heavy (non-hydrogen) atoms. The molecule has 1 aliphatic heterocycles. The molecule has 0 saturated carbocycles. The van der Waals surface area contributed by atoms with Crippen molar-refractivity contribution in [1.82, 2.24) is 24.6 Å². The van der Waals surface area contributed by atoms with Gasteiger partial charge in [0.25, 0.3) is 0 Å². The van der Waals surface area contributed by atoms with E-state index in [4.69, 9.17) is 20.3 Å². The van der Waals surface area contributed by atoms with E-state index in [-0.39, 0.29) is 11.9 Å². The molecule has 10 nitrogen and oxygen atoms in total. The third-order valence-corrected chi connectivity index (χ3v) is 5.38. The summed E-state index contributed by atoms with van der Waals surface area (Å²) in [5, 5.41) is 8.74. The third-order valence-electron chi connectivity index (χ3n) is 5.38. The monoisotopic (exact) mass is 423 g/mol. The van der Waals surface area contributed by atoms with Gasteiger partial charge in [0, 0.05) is 25.7 Å². The first-order valence-corrected chi connectivity index (χ1v) is 9.90. The van der Waals surface area contributed by atoms with E-state index in [0.29, 0.717) is 53.8 Å². The Morgan fingerprint density at radius 3 is 2.71 bits per heavy atom. The number of carbonyl (C=O) groups excluding carboxylic acids is 1. The zero-order valence-corrected chi connectivity index (χ0v) is 17.5. The van der Waals surface area contributed by atoms with E-state index in [2.05, 4.69) is 21.9 Å². The smallest absolute Gasteiger partial charge is 0.246 e. The van der Waals surface area contributed by atoms with Gasteiger partial charge in [0.15, 0.2) is 11.5 Å². The summed E-state index contributed by atoms with van der Waals surface area (Å²) < 4.78 is 12.5. The Morgan fingerprint density at radius 2 is 2.03 bits per heavy atom. The Balaban J connectivity index is 1.63. The molecular formula is C21H25N7O3. The van der Waals surface area contributed by atoms with Crippen molar-refractivity contribution in [2.45, 2.75) is 19.0 Å². The molecule has 0 aliphatic carbocycles. The Bertz CT molecular complexity index is 1110. The van der Waals surface area contributed by atoms with Crippen LogP contribution < -0.4 is 20.5 Å². The Morgan fingerprint density at radius 1 is 1.29 bits per heavy atom. The van der Waals surface area contributed by atoms with Gasteiger partial charge in [-0.15, -0.1) is 0 Å². The number of methoxy groups -OCH3 is 2. The molecule has 1 aliphatic rings. The summed E-state index contributed by atoms with van der Waals surface area (Å²) in [6.07, 6.45) is 3.53. The number of nitrogens with two attached hydrogens (primary N) is 1. The fourth-order valence-corrected chi connectivity index (χ4v) is 3.80. The molecular weight excluding hydrogens is 398 g/mol. The second kappa shape index (κ2) is 8.50. The standard InChI is InChI=1S/C21H25N7O3/c1-4-17(29)27-6-5-14(11-27)28-21-18(19(22)24-12-25-21)20(26-28)23-10-13-7-15(30-2)9-16(8-13)31-3/h4,7-9,12,14H,1,5-6,10-11H2,2-3H3,(H,23,26)(H2,22,24,25). The number of likely N-dealkylation sites (tertiary alicyclic amines) is 1. The van der Waals surface area contributed by atoms with E-state index in [1.165, 1.54) is 12.4 Å². The number of fused-ring (bicyclic) bond motifs is 1. The molecule has 2 aromatic heterocycles. The number of nitrogen functional groups attached to an aromatic ring is 1. The molecule has 0 bridgehead atoms. The van der Waals surface area contributed by atoms with Crippen molar-refractivity contribution in [3.8, 4) is 11.5 Å². The van der Waals surface area contributed by atoms with Crippen molar-refractivity contribution in [2.24, 2.45) is 0 Å². The number of anilines is 2. The predicted molar refractivity (Wildman–Crippen MR) is 117 cm³/mol. The minimum Gasteiger partial charge on any atom is -0.497 e. The van der Waals surface area contributed by atoms with E-state index >= 15 is 0 Å². The van der Waals surface area contributed by atoms with Gasteiger partial charge in [-0.2, -0.15) is 5.10 Å². The largest absolute Gasteiger partial charge is 0.497 e. The molecule has 0 radical (unpaired) electrons. The van der Waals surface area contributed by atoms with Gasteiger partial charge in [0.1, 0.15) is 29.0 Å². The van der Waals surface area contributed by atoms with Gasteiger partial charge in [0.2, 0.25) is 5.91 Å². The van der Waals surface area contributed by atoms with Gasteiger partial charge in [-0.3, -0.25) is 4.79 Å². The Kier molecular flexibility index (Phi) is 5.61. The maximum absolute atomic E-state index is 12.0. The Labute approximate surface area is 179 Å². The number of amides is 1. The summed E-state index contributed by atoms with van der Waals surface area (Å²) in [7, 11) is 3.22. The average molecular weight is 423 g/mol. The van der Waals surface area contributed by atoms with Gasteiger partial charge < -0.3 is 25.4 Å². The number of hydrogen-bond donors (Lipinski definition) is 2. The lowest BCUT2D eigenvalue weighted by molar-refractivity contribution is -0.125. The lowest BCUT2D eigenvalue weighted by Gasteiger charge is -2.14. The van der Waals surface area contributed by atoms with Gasteiger partial charge in [-0.1, -0.05) is 6.58 Å². The van der Waals surface area contributed by atoms with E-state index in [1.807, 2.05) is 22.9 Å². The summed E-state index contributed by atoms with van der Waals surface area (Å²) in [5.74, 6) is 2.25. The summed E-state index contributed by atoms with van der Waals surface area (Å²) in [5.41, 5.74) is 7.76. The first-order valence-electron chi connectivity index (χ1n) is 9.90. The fourth-order valence-electron chi connectivity index (χ4n) is 3.80. The van der Waals surface area contributed by atoms with Gasteiger partial charge in [-0.05, 0) is 30.2 Å². The molecule has 4 rings (SSSR count). The molecule has 1 fully saturated rings. The molecule has 1 aromatic carbocycles. The van der Waals surface area contributed by atoms with Crippen LogP contribution in [0.5, 0.6) is 11.5 Å². The van der Waals surface area contributed by atoms with Crippen LogP contribution in [0.25, 0.3) is 11.0 Å². The van der Waals surface area contributed by atoms with E-state index in [0.717, 1.165) is 12.0 Å². The number of nitrogens with one attached hydrogen (secondary N) is 1. The Hall–Kier alpha value is -3.82. The normalized spacial score (nSPS) is 15.8. The van der Waals surface area contributed by atoms with Crippen molar-refractivity contribution < 1.29 is 14.3 Å². The highest BCUT2D eigenvalue weighted by atomic mass is 16.5. The van der Waals surface area contributed by atoms with Crippen molar-refractivity contribution in [2.75, 3.05) is 38.4 Å². The maximum Gasteiger partial charge on any atom is 0.246 e. The van der Waals surface area contributed by atoms with E-state index in [9.17, 15) is 4.79 Å². The molecule has 10 heteroatoms. The van der Waals surface area contributed by atoms with Crippen LogP contribution in [-0.2, 0) is 11.3 Å². The molecule has 162 valence electrons. The van der Waals surface area contributed by atoms with Crippen molar-refractivity contribution in [3.63, 3.8) is 0 Å². The number of ether oxygens (including phenoxy) is 2. The molecule has 3 aromatic rings. The van der Waals surface area contributed by atoms with Crippen LogP contribution in [0.4, 0.5) is 11.6 Å². The summed E-state index contributed by atoms with van der Waals surface area (Å²) in [6, 6.07) is 5.65. The average Bonchev–Trinajstić information content (AvgIpc) is 3.42. The third kappa shape index (κ3) is 3.96. The summed E-state index contributed by atoms with van der Waals surface area (Å²) >= 11 is 0. The minimum atomic E-state index is -0.0848. The quantitative estimate of drug-likeness (QED) is 0.554. The van der Waals surface area contributed by atoms with Gasteiger partial charge in [-0.25, -0.2) is 14.6 Å². The fraction of sp³-hybridized carbons (Fsp3) is 0.333.